The van der Waals surface area contributed by atoms with Crippen molar-refractivity contribution in [2.75, 3.05) is 0 Å². The van der Waals surface area contributed by atoms with Crippen LogP contribution in [-0.2, 0) is 12.2 Å². The van der Waals surface area contributed by atoms with Crippen molar-refractivity contribution in [2.24, 2.45) is 0 Å². The first-order chi connectivity index (χ1) is 14.6. The summed E-state index contributed by atoms with van der Waals surface area (Å²) in [6.07, 6.45) is 1.79. The van der Waals surface area contributed by atoms with E-state index in [-0.39, 0.29) is 5.56 Å². The number of para-hydroxylation sites is 1. The summed E-state index contributed by atoms with van der Waals surface area (Å²) in [5.74, 6) is 2.13. The third-order valence-electron chi connectivity index (χ3n) is 5.23. The first-order valence-corrected chi connectivity index (χ1v) is 11.2. The molecular formula is C23H24N4O2S. The van der Waals surface area contributed by atoms with E-state index < -0.39 is 0 Å². The fourth-order valence-corrected chi connectivity index (χ4v) is 4.09. The van der Waals surface area contributed by atoms with Gasteiger partial charge in [-0.15, -0.1) is 0 Å². The highest BCUT2D eigenvalue weighted by molar-refractivity contribution is 7.98. The molecule has 0 N–H and O–H groups in total. The third-order valence-corrected chi connectivity index (χ3v) is 6.15. The second-order valence-corrected chi connectivity index (χ2v) is 8.14. The minimum atomic E-state index is -0.0841. The molecular weight excluding hydrogens is 396 g/mol. The van der Waals surface area contributed by atoms with Crippen molar-refractivity contribution < 1.29 is 4.52 Å². The SMILES string of the molecule is CCc1noc(CSc2nc3ccccc3c(=O)n2-c2ccc(C(C)CC)cc2)n1. The van der Waals surface area contributed by atoms with Gasteiger partial charge < -0.3 is 4.52 Å². The number of hydrogen-bond donors (Lipinski definition) is 0. The van der Waals surface area contributed by atoms with E-state index in [0.717, 1.165) is 18.5 Å². The maximum Gasteiger partial charge on any atom is 0.266 e. The number of nitrogens with zero attached hydrogens (tertiary/aromatic N) is 4. The molecule has 0 saturated carbocycles. The molecule has 154 valence electrons. The van der Waals surface area contributed by atoms with Gasteiger partial charge in [0.15, 0.2) is 11.0 Å². The van der Waals surface area contributed by atoms with Crippen LogP contribution in [0.3, 0.4) is 0 Å². The van der Waals surface area contributed by atoms with Crippen LogP contribution in [0.2, 0.25) is 0 Å². The molecule has 0 aliphatic heterocycles. The first kappa shape index (κ1) is 20.3. The van der Waals surface area contributed by atoms with E-state index in [9.17, 15) is 4.79 Å². The van der Waals surface area contributed by atoms with Gasteiger partial charge in [-0.25, -0.2) is 4.98 Å². The predicted octanol–water partition coefficient (Wildman–Crippen LogP) is 5.14. The van der Waals surface area contributed by atoms with Crippen molar-refractivity contribution in [1.29, 1.82) is 0 Å². The van der Waals surface area contributed by atoms with Gasteiger partial charge in [-0.3, -0.25) is 9.36 Å². The summed E-state index contributed by atoms with van der Waals surface area (Å²) in [5.41, 5.74) is 2.65. The summed E-state index contributed by atoms with van der Waals surface area (Å²) in [4.78, 5) is 22.5. The van der Waals surface area contributed by atoms with E-state index in [0.29, 0.717) is 39.4 Å². The zero-order valence-corrected chi connectivity index (χ0v) is 18.1. The molecule has 0 amide bonds. The van der Waals surface area contributed by atoms with Gasteiger partial charge in [0, 0.05) is 6.42 Å². The summed E-state index contributed by atoms with van der Waals surface area (Å²) in [7, 11) is 0. The molecule has 0 spiro atoms. The largest absolute Gasteiger partial charge is 0.338 e. The molecule has 0 aliphatic rings. The molecule has 2 aromatic carbocycles. The Kier molecular flexibility index (Phi) is 5.99. The summed E-state index contributed by atoms with van der Waals surface area (Å²) >= 11 is 1.42. The zero-order chi connectivity index (χ0) is 21.1. The van der Waals surface area contributed by atoms with Crippen LogP contribution in [0.15, 0.2) is 63.0 Å². The number of fused-ring (bicyclic) bond motifs is 1. The highest BCUT2D eigenvalue weighted by Gasteiger charge is 2.15. The molecule has 30 heavy (non-hydrogen) atoms. The number of rotatable bonds is 7. The number of aryl methyl sites for hydroxylation is 1. The smallest absolute Gasteiger partial charge is 0.266 e. The molecule has 1 unspecified atom stereocenters. The molecule has 7 heteroatoms. The topological polar surface area (TPSA) is 73.8 Å². The lowest BCUT2D eigenvalue weighted by Crippen LogP contribution is -2.21. The Morgan fingerprint density at radius 3 is 2.53 bits per heavy atom. The van der Waals surface area contributed by atoms with Crippen molar-refractivity contribution in [2.45, 2.75) is 50.4 Å². The summed E-state index contributed by atoms with van der Waals surface area (Å²) in [6.45, 7) is 6.36. The van der Waals surface area contributed by atoms with Crippen LogP contribution in [0.4, 0.5) is 0 Å². The lowest BCUT2D eigenvalue weighted by Gasteiger charge is -2.14. The van der Waals surface area contributed by atoms with Gasteiger partial charge in [-0.2, -0.15) is 4.98 Å². The van der Waals surface area contributed by atoms with Crippen LogP contribution < -0.4 is 5.56 Å². The van der Waals surface area contributed by atoms with Crippen LogP contribution in [0.1, 0.15) is 50.4 Å². The van der Waals surface area contributed by atoms with Crippen LogP contribution in [0, 0.1) is 0 Å². The van der Waals surface area contributed by atoms with E-state index in [4.69, 9.17) is 9.51 Å². The van der Waals surface area contributed by atoms with Gasteiger partial charge >= 0.3 is 0 Å². The average Bonchev–Trinajstić information content (AvgIpc) is 3.25. The summed E-state index contributed by atoms with van der Waals surface area (Å²) < 4.78 is 6.97. The van der Waals surface area contributed by atoms with Crippen molar-refractivity contribution in [3.05, 3.63) is 76.2 Å². The summed E-state index contributed by atoms with van der Waals surface area (Å²) in [6, 6.07) is 15.6. The van der Waals surface area contributed by atoms with Gasteiger partial charge in [0.25, 0.3) is 5.56 Å². The Balaban J connectivity index is 1.77. The number of aromatic nitrogens is 4. The Labute approximate surface area is 179 Å². The highest BCUT2D eigenvalue weighted by atomic mass is 32.2. The van der Waals surface area contributed by atoms with Gasteiger partial charge in [0.1, 0.15) is 0 Å². The molecule has 1 atom stereocenters. The van der Waals surface area contributed by atoms with Gasteiger partial charge in [0.2, 0.25) is 5.89 Å². The summed E-state index contributed by atoms with van der Waals surface area (Å²) in [5, 5.41) is 5.14. The molecule has 6 nitrogen and oxygen atoms in total. The highest BCUT2D eigenvalue weighted by Crippen LogP contribution is 2.26. The fraction of sp³-hybridized carbons (Fsp3) is 0.304. The normalized spacial score (nSPS) is 12.4. The third kappa shape index (κ3) is 4.03. The minimum Gasteiger partial charge on any atom is -0.338 e. The van der Waals surface area contributed by atoms with E-state index in [1.807, 2.05) is 43.3 Å². The second-order valence-electron chi connectivity index (χ2n) is 7.20. The predicted molar refractivity (Wildman–Crippen MR) is 119 cm³/mol. The number of thioether (sulfide) groups is 1. The lowest BCUT2D eigenvalue weighted by atomic mass is 9.98. The standard InChI is InChI=1S/C23H24N4O2S/c1-4-15(3)16-10-12-17(13-11-16)27-22(28)18-8-6-7-9-19(18)24-23(27)30-14-21-25-20(5-2)26-29-21/h6-13,15H,4-5,14H2,1-3H3. The number of benzene rings is 2. The molecule has 4 aromatic rings. The van der Waals surface area contributed by atoms with Crippen LogP contribution in [-0.4, -0.2) is 19.7 Å². The quantitative estimate of drug-likeness (QED) is 0.305. The van der Waals surface area contributed by atoms with Gasteiger partial charge in [-0.05, 0) is 42.2 Å². The van der Waals surface area contributed by atoms with Gasteiger partial charge in [-0.1, -0.05) is 62.0 Å². The Hall–Kier alpha value is -2.93. The van der Waals surface area contributed by atoms with E-state index >= 15 is 0 Å². The maximum absolute atomic E-state index is 13.3. The lowest BCUT2D eigenvalue weighted by molar-refractivity contribution is 0.385. The van der Waals surface area contributed by atoms with Crippen LogP contribution in [0.5, 0.6) is 0 Å². The van der Waals surface area contributed by atoms with Crippen molar-refractivity contribution in [3.63, 3.8) is 0 Å². The second kappa shape index (κ2) is 8.83. The van der Waals surface area contributed by atoms with Crippen molar-refractivity contribution in [3.8, 4) is 5.69 Å². The number of hydrogen-bond acceptors (Lipinski definition) is 6. The van der Waals surface area contributed by atoms with Crippen molar-refractivity contribution >= 4 is 22.7 Å². The monoisotopic (exact) mass is 420 g/mol. The molecule has 2 heterocycles. The van der Waals surface area contributed by atoms with E-state index in [2.05, 4.69) is 36.1 Å². The first-order valence-electron chi connectivity index (χ1n) is 10.2. The zero-order valence-electron chi connectivity index (χ0n) is 17.3. The maximum atomic E-state index is 13.3. The van der Waals surface area contributed by atoms with Crippen LogP contribution >= 0.6 is 11.8 Å². The molecule has 2 aromatic heterocycles. The molecule has 0 radical (unpaired) electrons. The Morgan fingerprint density at radius 2 is 1.83 bits per heavy atom. The molecule has 4 rings (SSSR count). The fourth-order valence-electron chi connectivity index (χ4n) is 3.24. The van der Waals surface area contributed by atoms with Crippen molar-refractivity contribution in [1.82, 2.24) is 19.7 Å². The molecule has 0 fully saturated rings. The van der Waals surface area contributed by atoms with E-state index in [1.54, 1.807) is 4.57 Å². The molecule has 0 saturated heterocycles. The van der Waals surface area contributed by atoms with Crippen LogP contribution in [0.25, 0.3) is 16.6 Å². The van der Waals surface area contributed by atoms with Gasteiger partial charge in [0.05, 0.1) is 22.3 Å². The average molecular weight is 421 g/mol. The Morgan fingerprint density at radius 1 is 1.07 bits per heavy atom. The Bertz CT molecular complexity index is 1210. The molecule has 0 aliphatic carbocycles. The van der Waals surface area contributed by atoms with E-state index in [1.165, 1.54) is 17.3 Å². The molecule has 0 bridgehead atoms. The minimum absolute atomic E-state index is 0.0841.